The minimum absolute atomic E-state index is 0.222. The Labute approximate surface area is 88.7 Å². The van der Waals surface area contributed by atoms with Crippen LogP contribution in [-0.2, 0) is 11.2 Å². The van der Waals surface area contributed by atoms with Crippen molar-refractivity contribution in [3.8, 4) is 0 Å². The average Bonchev–Trinajstić information content (AvgIpc) is 2.13. The fourth-order valence-corrected chi connectivity index (χ4v) is 1.47. The first-order valence-electron chi connectivity index (χ1n) is 4.87. The molecule has 0 saturated carbocycles. The lowest BCUT2D eigenvalue weighted by molar-refractivity contribution is -0.146. The number of rotatable bonds is 4. The molecule has 1 unspecified atom stereocenters. The van der Waals surface area contributed by atoms with Crippen molar-refractivity contribution in [3.05, 3.63) is 35.9 Å². The molecule has 0 bridgehead atoms. The third-order valence-electron chi connectivity index (χ3n) is 2.41. The molecule has 0 aliphatic heterocycles. The van der Waals surface area contributed by atoms with Gasteiger partial charge in [0.2, 0.25) is 0 Å². The Morgan fingerprint density at radius 2 is 1.93 bits per heavy atom. The van der Waals surface area contributed by atoms with Crippen molar-refractivity contribution in [2.24, 2.45) is 5.92 Å². The van der Waals surface area contributed by atoms with Gasteiger partial charge in [0, 0.05) is 0 Å². The van der Waals surface area contributed by atoms with E-state index in [9.17, 15) is 9.18 Å². The summed E-state index contributed by atoms with van der Waals surface area (Å²) in [6.07, 6.45) is 0.222. The SMILES string of the molecule is CC(C)(F)C(Cc1ccccc1)C(=O)O. The molecule has 2 nitrogen and oxygen atoms in total. The Hall–Kier alpha value is -1.38. The molecular formula is C12H15FO2. The third kappa shape index (κ3) is 3.35. The lowest BCUT2D eigenvalue weighted by Gasteiger charge is -2.23. The number of carboxylic acid groups (broad SMARTS) is 1. The maximum atomic E-state index is 13.6. The maximum Gasteiger partial charge on any atom is 0.310 e. The van der Waals surface area contributed by atoms with Crippen molar-refractivity contribution < 1.29 is 14.3 Å². The van der Waals surface area contributed by atoms with Gasteiger partial charge >= 0.3 is 5.97 Å². The number of alkyl halides is 1. The topological polar surface area (TPSA) is 37.3 Å². The van der Waals surface area contributed by atoms with Gasteiger partial charge in [-0.25, -0.2) is 4.39 Å². The van der Waals surface area contributed by atoms with E-state index in [-0.39, 0.29) is 6.42 Å². The minimum Gasteiger partial charge on any atom is -0.481 e. The zero-order valence-corrected chi connectivity index (χ0v) is 8.90. The van der Waals surface area contributed by atoms with E-state index < -0.39 is 17.6 Å². The summed E-state index contributed by atoms with van der Waals surface area (Å²) in [5, 5.41) is 8.93. The summed E-state index contributed by atoms with van der Waals surface area (Å²) >= 11 is 0. The number of hydrogen-bond acceptors (Lipinski definition) is 1. The molecule has 0 aliphatic rings. The molecule has 1 rings (SSSR count). The molecule has 0 radical (unpaired) electrons. The fourth-order valence-electron chi connectivity index (χ4n) is 1.47. The van der Waals surface area contributed by atoms with Crippen molar-refractivity contribution in [1.29, 1.82) is 0 Å². The van der Waals surface area contributed by atoms with Gasteiger partial charge in [0.05, 0.1) is 5.92 Å². The molecule has 0 aliphatic carbocycles. The zero-order valence-electron chi connectivity index (χ0n) is 8.90. The molecule has 0 spiro atoms. The Morgan fingerprint density at radius 1 is 1.40 bits per heavy atom. The van der Waals surface area contributed by atoms with E-state index in [1.807, 2.05) is 30.3 Å². The van der Waals surface area contributed by atoms with Crippen LogP contribution >= 0.6 is 0 Å². The van der Waals surface area contributed by atoms with Gasteiger partial charge in [0.15, 0.2) is 0 Å². The normalized spacial score (nSPS) is 13.5. The summed E-state index contributed by atoms with van der Waals surface area (Å²) in [5.41, 5.74) is -0.864. The molecule has 15 heavy (non-hydrogen) atoms. The van der Waals surface area contributed by atoms with Gasteiger partial charge in [0.25, 0.3) is 0 Å². The Bertz CT molecular complexity index is 327. The highest BCUT2D eigenvalue weighted by atomic mass is 19.1. The van der Waals surface area contributed by atoms with Crippen LogP contribution in [0, 0.1) is 5.92 Å². The van der Waals surface area contributed by atoms with Gasteiger partial charge in [-0.2, -0.15) is 0 Å². The predicted octanol–water partition coefficient (Wildman–Crippen LogP) is 2.68. The average molecular weight is 210 g/mol. The number of carbonyl (C=O) groups is 1. The smallest absolute Gasteiger partial charge is 0.310 e. The van der Waals surface area contributed by atoms with Crippen molar-refractivity contribution >= 4 is 5.97 Å². The Kier molecular flexibility index (Phi) is 3.45. The predicted molar refractivity (Wildman–Crippen MR) is 56.5 cm³/mol. The van der Waals surface area contributed by atoms with Crippen LogP contribution in [0.15, 0.2) is 30.3 Å². The van der Waals surface area contributed by atoms with E-state index >= 15 is 0 Å². The zero-order chi connectivity index (χ0) is 11.5. The molecule has 0 fully saturated rings. The first kappa shape index (κ1) is 11.7. The number of benzene rings is 1. The highest BCUT2D eigenvalue weighted by molar-refractivity contribution is 5.71. The number of carboxylic acids is 1. The van der Waals surface area contributed by atoms with Crippen LogP contribution in [0.5, 0.6) is 0 Å². The van der Waals surface area contributed by atoms with Gasteiger partial charge in [-0.15, -0.1) is 0 Å². The Morgan fingerprint density at radius 3 is 2.33 bits per heavy atom. The lowest BCUT2D eigenvalue weighted by Crippen LogP contribution is -2.34. The quantitative estimate of drug-likeness (QED) is 0.829. The monoisotopic (exact) mass is 210 g/mol. The highest BCUT2D eigenvalue weighted by Gasteiger charge is 2.35. The van der Waals surface area contributed by atoms with E-state index in [1.165, 1.54) is 13.8 Å². The summed E-state index contributed by atoms with van der Waals surface area (Å²) in [4.78, 5) is 10.9. The van der Waals surface area contributed by atoms with Crippen LogP contribution in [0.4, 0.5) is 4.39 Å². The molecule has 3 heteroatoms. The standard InChI is InChI=1S/C12H15FO2/c1-12(2,13)10(11(14)15)8-9-6-4-3-5-7-9/h3-7,10H,8H2,1-2H3,(H,14,15). The third-order valence-corrected chi connectivity index (χ3v) is 2.41. The Balaban J connectivity index is 2.82. The fraction of sp³-hybridized carbons (Fsp3) is 0.417. The van der Waals surface area contributed by atoms with E-state index in [4.69, 9.17) is 5.11 Å². The van der Waals surface area contributed by atoms with Crippen LogP contribution in [-0.4, -0.2) is 16.7 Å². The van der Waals surface area contributed by atoms with Gasteiger partial charge in [-0.1, -0.05) is 30.3 Å². The van der Waals surface area contributed by atoms with E-state index in [0.717, 1.165) is 5.56 Å². The molecular weight excluding hydrogens is 195 g/mol. The van der Waals surface area contributed by atoms with Gasteiger partial charge in [-0.05, 0) is 25.8 Å². The van der Waals surface area contributed by atoms with Gasteiger partial charge < -0.3 is 5.11 Å². The molecule has 1 N–H and O–H groups in total. The van der Waals surface area contributed by atoms with Crippen molar-refractivity contribution in [3.63, 3.8) is 0 Å². The molecule has 0 amide bonds. The number of halogens is 1. The second-order valence-electron chi connectivity index (χ2n) is 4.14. The first-order chi connectivity index (χ1) is 6.91. The van der Waals surface area contributed by atoms with E-state index in [1.54, 1.807) is 0 Å². The summed E-state index contributed by atoms with van der Waals surface area (Å²) in [6.45, 7) is 2.60. The molecule has 82 valence electrons. The molecule has 0 saturated heterocycles. The van der Waals surface area contributed by atoms with E-state index in [0.29, 0.717) is 0 Å². The second kappa shape index (κ2) is 4.43. The van der Waals surface area contributed by atoms with Crippen LogP contribution < -0.4 is 0 Å². The summed E-state index contributed by atoms with van der Waals surface area (Å²) in [7, 11) is 0. The second-order valence-corrected chi connectivity index (χ2v) is 4.14. The van der Waals surface area contributed by atoms with Gasteiger partial charge in [-0.3, -0.25) is 4.79 Å². The van der Waals surface area contributed by atoms with E-state index in [2.05, 4.69) is 0 Å². The van der Waals surface area contributed by atoms with Crippen molar-refractivity contribution in [2.45, 2.75) is 25.9 Å². The van der Waals surface area contributed by atoms with Crippen LogP contribution in [0.2, 0.25) is 0 Å². The number of hydrogen-bond donors (Lipinski definition) is 1. The van der Waals surface area contributed by atoms with Crippen LogP contribution in [0.25, 0.3) is 0 Å². The van der Waals surface area contributed by atoms with Crippen LogP contribution in [0.1, 0.15) is 19.4 Å². The first-order valence-corrected chi connectivity index (χ1v) is 4.87. The molecule has 1 atom stereocenters. The maximum absolute atomic E-state index is 13.6. The highest BCUT2D eigenvalue weighted by Crippen LogP contribution is 2.25. The summed E-state index contributed by atoms with van der Waals surface area (Å²) < 4.78 is 13.6. The molecule has 1 aromatic carbocycles. The van der Waals surface area contributed by atoms with Crippen LogP contribution in [0.3, 0.4) is 0 Å². The summed E-state index contributed by atoms with van der Waals surface area (Å²) in [6, 6.07) is 9.10. The van der Waals surface area contributed by atoms with Gasteiger partial charge in [0.1, 0.15) is 5.67 Å². The largest absolute Gasteiger partial charge is 0.481 e. The van der Waals surface area contributed by atoms with Crippen molar-refractivity contribution in [1.82, 2.24) is 0 Å². The minimum atomic E-state index is -1.71. The number of aliphatic carboxylic acids is 1. The molecule has 0 heterocycles. The van der Waals surface area contributed by atoms with Crippen molar-refractivity contribution in [2.75, 3.05) is 0 Å². The molecule has 0 aromatic heterocycles. The summed E-state index contributed by atoms with van der Waals surface area (Å²) in [5.74, 6) is -2.09. The lowest BCUT2D eigenvalue weighted by atomic mass is 9.87. The molecule has 1 aromatic rings.